The first-order valence-electron chi connectivity index (χ1n) is 5.25. The Morgan fingerprint density at radius 1 is 1.31 bits per heavy atom. The van der Waals surface area contributed by atoms with E-state index in [4.69, 9.17) is 9.31 Å². The molecule has 1 heterocycles. The van der Waals surface area contributed by atoms with Crippen LogP contribution in [0.15, 0.2) is 22.9 Å². The molecule has 0 N–H and O–H groups in total. The van der Waals surface area contributed by atoms with Crippen molar-refractivity contribution < 1.29 is 9.31 Å². The van der Waals surface area contributed by atoms with Crippen molar-refractivity contribution in [2.75, 3.05) is 5.75 Å². The summed E-state index contributed by atoms with van der Waals surface area (Å²) in [7, 11) is -0.296. The third kappa shape index (κ3) is 2.89. The molecule has 2 nitrogen and oxygen atoms in total. The zero-order valence-electron chi connectivity index (χ0n) is 10.3. The molecule has 0 spiro atoms. The fraction of sp³-hybridized carbons (Fsp3) is 0.636. The number of thiol groups is 1. The van der Waals surface area contributed by atoms with Crippen molar-refractivity contribution in [1.29, 1.82) is 0 Å². The Morgan fingerprint density at radius 2 is 1.81 bits per heavy atom. The summed E-state index contributed by atoms with van der Waals surface area (Å²) in [6.45, 7) is 11.9. The van der Waals surface area contributed by atoms with E-state index in [2.05, 4.69) is 19.2 Å². The molecule has 0 unspecified atom stereocenters. The van der Waals surface area contributed by atoms with Crippen molar-refractivity contribution in [2.45, 2.75) is 38.9 Å². The van der Waals surface area contributed by atoms with Gasteiger partial charge in [0.2, 0.25) is 0 Å². The SMILES string of the molecule is C=CSC/C(=C\S)B1OC(C)(C)C(C)(C)O1. The second-order valence-electron chi connectivity index (χ2n) is 4.77. The summed E-state index contributed by atoms with van der Waals surface area (Å²) in [5.41, 5.74) is 0.448. The molecule has 0 amide bonds. The Bertz CT molecular complexity index is 284. The van der Waals surface area contributed by atoms with E-state index in [9.17, 15) is 0 Å². The Balaban J connectivity index is 2.74. The lowest BCUT2D eigenvalue weighted by Crippen LogP contribution is -2.41. The van der Waals surface area contributed by atoms with E-state index in [1.165, 1.54) is 0 Å². The molecule has 90 valence electrons. The lowest BCUT2D eigenvalue weighted by atomic mass is 9.80. The van der Waals surface area contributed by atoms with Gasteiger partial charge in [-0.25, -0.2) is 0 Å². The van der Waals surface area contributed by atoms with Crippen LogP contribution in [-0.2, 0) is 9.31 Å². The number of hydrogen-bond donors (Lipinski definition) is 1. The summed E-state index contributed by atoms with van der Waals surface area (Å²) in [5, 5.41) is 3.57. The van der Waals surface area contributed by atoms with Gasteiger partial charge in [-0.15, -0.1) is 11.8 Å². The van der Waals surface area contributed by atoms with E-state index < -0.39 is 0 Å². The van der Waals surface area contributed by atoms with Gasteiger partial charge in [0.25, 0.3) is 0 Å². The lowest BCUT2D eigenvalue weighted by molar-refractivity contribution is 0.00578. The molecule has 0 aromatic carbocycles. The zero-order valence-corrected chi connectivity index (χ0v) is 12.0. The van der Waals surface area contributed by atoms with Gasteiger partial charge in [-0.2, -0.15) is 12.6 Å². The summed E-state index contributed by atoms with van der Waals surface area (Å²) in [6, 6.07) is 0. The molecular weight excluding hydrogens is 239 g/mol. The van der Waals surface area contributed by atoms with Crippen molar-refractivity contribution >= 4 is 31.5 Å². The van der Waals surface area contributed by atoms with Gasteiger partial charge in [0, 0.05) is 5.75 Å². The Hall–Kier alpha value is 0.165. The van der Waals surface area contributed by atoms with Crippen molar-refractivity contribution in [3.8, 4) is 0 Å². The molecule has 1 saturated heterocycles. The third-order valence-electron chi connectivity index (χ3n) is 3.09. The van der Waals surface area contributed by atoms with Gasteiger partial charge in [0.15, 0.2) is 0 Å². The van der Waals surface area contributed by atoms with Crippen molar-refractivity contribution in [2.24, 2.45) is 0 Å². The smallest absolute Gasteiger partial charge is 0.400 e. The molecule has 0 aliphatic carbocycles. The highest BCUT2D eigenvalue weighted by Crippen LogP contribution is 2.39. The molecule has 1 aliphatic heterocycles. The molecule has 0 saturated carbocycles. The molecule has 0 bridgehead atoms. The van der Waals surface area contributed by atoms with Crippen LogP contribution < -0.4 is 0 Å². The van der Waals surface area contributed by atoms with Crippen LogP contribution in [0.3, 0.4) is 0 Å². The maximum absolute atomic E-state index is 5.93. The second kappa shape index (κ2) is 5.21. The first-order valence-corrected chi connectivity index (χ1v) is 6.82. The van der Waals surface area contributed by atoms with Crippen LogP contribution in [-0.4, -0.2) is 24.1 Å². The average Bonchev–Trinajstić information content (AvgIpc) is 2.37. The van der Waals surface area contributed by atoms with Crippen LogP contribution in [0.2, 0.25) is 0 Å². The van der Waals surface area contributed by atoms with E-state index in [0.717, 1.165) is 11.2 Å². The monoisotopic (exact) mass is 258 g/mol. The largest absolute Gasteiger partial charge is 0.491 e. The summed E-state index contributed by atoms with van der Waals surface area (Å²) < 4.78 is 11.9. The highest BCUT2D eigenvalue weighted by molar-refractivity contribution is 8.02. The van der Waals surface area contributed by atoms with Gasteiger partial charge >= 0.3 is 7.12 Å². The van der Waals surface area contributed by atoms with Crippen LogP contribution in [0.1, 0.15) is 27.7 Å². The summed E-state index contributed by atoms with van der Waals surface area (Å²) >= 11 is 5.82. The normalized spacial score (nSPS) is 23.6. The fourth-order valence-electron chi connectivity index (χ4n) is 1.32. The molecule has 1 fully saturated rings. The van der Waals surface area contributed by atoms with Crippen molar-refractivity contribution in [3.05, 3.63) is 22.9 Å². The van der Waals surface area contributed by atoms with E-state index >= 15 is 0 Å². The Morgan fingerprint density at radius 3 is 2.19 bits per heavy atom. The molecule has 0 aromatic rings. The summed E-state index contributed by atoms with van der Waals surface area (Å²) in [4.78, 5) is 0. The second-order valence-corrected chi connectivity index (χ2v) is 5.98. The highest BCUT2D eigenvalue weighted by Gasteiger charge is 2.52. The van der Waals surface area contributed by atoms with E-state index in [-0.39, 0.29) is 18.3 Å². The molecule has 0 radical (unpaired) electrons. The van der Waals surface area contributed by atoms with Gasteiger partial charge in [-0.05, 0) is 44.0 Å². The Labute approximate surface area is 108 Å². The molecule has 0 atom stereocenters. The molecule has 0 aromatic heterocycles. The highest BCUT2D eigenvalue weighted by atomic mass is 32.2. The molecule has 5 heteroatoms. The van der Waals surface area contributed by atoms with Crippen LogP contribution in [0.4, 0.5) is 0 Å². The van der Waals surface area contributed by atoms with Crippen LogP contribution in [0, 0.1) is 0 Å². The van der Waals surface area contributed by atoms with E-state index in [1.807, 2.05) is 33.1 Å². The minimum Gasteiger partial charge on any atom is -0.400 e. The van der Waals surface area contributed by atoms with Crippen LogP contribution in [0.25, 0.3) is 0 Å². The number of thioether (sulfide) groups is 1. The van der Waals surface area contributed by atoms with Gasteiger partial charge < -0.3 is 9.31 Å². The topological polar surface area (TPSA) is 18.5 Å². The van der Waals surface area contributed by atoms with Gasteiger partial charge in [0.05, 0.1) is 11.2 Å². The summed E-state index contributed by atoms with van der Waals surface area (Å²) in [6.07, 6.45) is 0. The minimum absolute atomic E-state index is 0.293. The van der Waals surface area contributed by atoms with Gasteiger partial charge in [0.1, 0.15) is 0 Å². The average molecular weight is 258 g/mol. The first kappa shape index (κ1) is 14.2. The van der Waals surface area contributed by atoms with Crippen LogP contribution >= 0.6 is 24.4 Å². The standard InChI is InChI=1S/C11H19BO2S2/c1-6-16-8-9(7-15)12-13-10(2,3)11(4,5)14-12/h6-7,15H,1,8H2,2-5H3/b9-7+. The predicted molar refractivity (Wildman–Crippen MR) is 75.8 cm³/mol. The lowest BCUT2D eigenvalue weighted by Gasteiger charge is -2.32. The fourth-order valence-corrected chi connectivity index (χ4v) is 2.18. The summed E-state index contributed by atoms with van der Waals surface area (Å²) in [5.74, 6) is 0.795. The zero-order chi connectivity index (χ0) is 12.4. The van der Waals surface area contributed by atoms with Gasteiger partial charge in [-0.1, -0.05) is 6.58 Å². The maximum atomic E-state index is 5.93. The van der Waals surface area contributed by atoms with E-state index in [0.29, 0.717) is 0 Å². The van der Waals surface area contributed by atoms with Gasteiger partial charge in [-0.3, -0.25) is 0 Å². The number of rotatable bonds is 4. The quantitative estimate of drug-likeness (QED) is 0.616. The van der Waals surface area contributed by atoms with Crippen LogP contribution in [0.5, 0.6) is 0 Å². The third-order valence-corrected chi connectivity index (χ3v) is 4.16. The number of hydrogen-bond acceptors (Lipinski definition) is 4. The molecule has 1 rings (SSSR count). The van der Waals surface area contributed by atoms with Crippen molar-refractivity contribution in [3.63, 3.8) is 0 Å². The predicted octanol–water partition coefficient (Wildman–Crippen LogP) is 3.31. The molecular formula is C11H19BO2S2. The van der Waals surface area contributed by atoms with Crippen molar-refractivity contribution in [1.82, 2.24) is 0 Å². The first-order chi connectivity index (χ1) is 7.34. The minimum atomic E-state index is -0.296. The molecule has 16 heavy (non-hydrogen) atoms. The Kier molecular flexibility index (Phi) is 4.63. The van der Waals surface area contributed by atoms with E-state index in [1.54, 1.807) is 17.2 Å². The molecule has 1 aliphatic rings. The maximum Gasteiger partial charge on any atom is 0.491 e.